The van der Waals surface area contributed by atoms with Crippen molar-refractivity contribution in [3.05, 3.63) is 17.8 Å². The predicted octanol–water partition coefficient (Wildman–Crippen LogP) is 1.78. The van der Waals surface area contributed by atoms with Crippen LogP contribution in [0.15, 0.2) is 10.7 Å². The van der Waals surface area contributed by atoms with Gasteiger partial charge in [-0.1, -0.05) is 6.42 Å². The van der Waals surface area contributed by atoms with Gasteiger partial charge in [0.15, 0.2) is 5.89 Å². The summed E-state index contributed by atoms with van der Waals surface area (Å²) in [5, 5.41) is 6.98. The van der Waals surface area contributed by atoms with Gasteiger partial charge < -0.3 is 15.1 Å². The van der Waals surface area contributed by atoms with Gasteiger partial charge in [-0.3, -0.25) is 0 Å². The van der Waals surface area contributed by atoms with Crippen LogP contribution < -0.4 is 10.6 Å². The van der Waals surface area contributed by atoms with Gasteiger partial charge >= 0.3 is 0 Å². The van der Waals surface area contributed by atoms with Gasteiger partial charge in [-0.15, -0.1) is 0 Å². The molecule has 0 saturated carbocycles. The SMILES string of the molecule is c1oc(CC2CCCCN2)nc1C1CCCN1. The first kappa shape index (κ1) is 11.2. The number of rotatable bonds is 3. The summed E-state index contributed by atoms with van der Waals surface area (Å²) in [5.74, 6) is 0.896. The lowest BCUT2D eigenvalue weighted by molar-refractivity contribution is 0.367. The van der Waals surface area contributed by atoms with Crippen LogP contribution in [0, 0.1) is 0 Å². The highest BCUT2D eigenvalue weighted by Crippen LogP contribution is 2.23. The maximum atomic E-state index is 5.59. The number of hydrogen-bond donors (Lipinski definition) is 2. The predicted molar refractivity (Wildman–Crippen MR) is 65.8 cm³/mol. The van der Waals surface area contributed by atoms with Crippen LogP contribution >= 0.6 is 0 Å². The number of aromatic nitrogens is 1. The molecule has 4 heteroatoms. The Kier molecular flexibility index (Phi) is 3.43. The lowest BCUT2D eigenvalue weighted by Crippen LogP contribution is -2.35. The van der Waals surface area contributed by atoms with Crippen LogP contribution in [0.3, 0.4) is 0 Å². The summed E-state index contributed by atoms with van der Waals surface area (Å²) in [7, 11) is 0. The minimum absolute atomic E-state index is 0.423. The molecular weight excluding hydrogens is 214 g/mol. The van der Waals surface area contributed by atoms with Crippen LogP contribution in [-0.2, 0) is 6.42 Å². The van der Waals surface area contributed by atoms with Gasteiger partial charge in [0.05, 0.1) is 11.7 Å². The van der Waals surface area contributed by atoms with E-state index in [0.29, 0.717) is 12.1 Å². The van der Waals surface area contributed by atoms with Crippen molar-refractivity contribution in [2.75, 3.05) is 13.1 Å². The summed E-state index contributed by atoms with van der Waals surface area (Å²) in [6.07, 6.45) is 9.09. The number of piperidine rings is 1. The Bertz CT molecular complexity index is 351. The van der Waals surface area contributed by atoms with Crippen LogP contribution in [-0.4, -0.2) is 24.1 Å². The fourth-order valence-electron chi connectivity index (χ4n) is 2.82. The van der Waals surface area contributed by atoms with E-state index < -0.39 is 0 Å². The molecule has 94 valence electrons. The second-order valence-corrected chi connectivity index (χ2v) is 5.17. The van der Waals surface area contributed by atoms with Crippen LogP contribution in [0.25, 0.3) is 0 Å². The Morgan fingerprint density at radius 3 is 2.88 bits per heavy atom. The highest BCUT2D eigenvalue weighted by Gasteiger charge is 2.21. The highest BCUT2D eigenvalue weighted by atomic mass is 16.3. The molecule has 0 spiro atoms. The van der Waals surface area contributed by atoms with Gasteiger partial charge in [-0.2, -0.15) is 0 Å². The van der Waals surface area contributed by atoms with Gasteiger partial charge in [0.25, 0.3) is 0 Å². The van der Waals surface area contributed by atoms with E-state index in [1.54, 1.807) is 0 Å². The molecule has 2 unspecified atom stereocenters. The Hall–Kier alpha value is -0.870. The highest BCUT2D eigenvalue weighted by molar-refractivity contribution is 5.06. The van der Waals surface area contributed by atoms with Crippen molar-refractivity contribution in [1.82, 2.24) is 15.6 Å². The average Bonchev–Trinajstić information content (AvgIpc) is 3.00. The summed E-state index contributed by atoms with van der Waals surface area (Å²) >= 11 is 0. The molecule has 0 bridgehead atoms. The van der Waals surface area contributed by atoms with E-state index in [9.17, 15) is 0 Å². The molecule has 3 rings (SSSR count). The van der Waals surface area contributed by atoms with Crippen LogP contribution in [0.4, 0.5) is 0 Å². The molecule has 1 aromatic heterocycles. The maximum Gasteiger partial charge on any atom is 0.195 e. The number of oxazole rings is 1. The van der Waals surface area contributed by atoms with Crippen molar-refractivity contribution in [3.8, 4) is 0 Å². The molecule has 0 aliphatic carbocycles. The molecular formula is C13H21N3O. The molecule has 2 N–H and O–H groups in total. The minimum Gasteiger partial charge on any atom is -0.449 e. The molecule has 3 heterocycles. The number of nitrogens with zero attached hydrogens (tertiary/aromatic N) is 1. The van der Waals surface area contributed by atoms with Gasteiger partial charge in [-0.05, 0) is 38.8 Å². The molecule has 0 radical (unpaired) electrons. The standard InChI is InChI=1S/C13H21N3O/c1-2-6-14-10(4-1)8-13-16-12(9-17-13)11-5-3-7-15-11/h9-11,14-15H,1-8H2. The van der Waals surface area contributed by atoms with Gasteiger partial charge in [0.1, 0.15) is 6.26 Å². The van der Waals surface area contributed by atoms with Crippen LogP contribution in [0.1, 0.15) is 49.7 Å². The van der Waals surface area contributed by atoms with E-state index in [2.05, 4.69) is 15.6 Å². The molecule has 1 aromatic rings. The molecule has 0 aromatic carbocycles. The smallest absolute Gasteiger partial charge is 0.195 e. The van der Waals surface area contributed by atoms with Gasteiger partial charge in [0.2, 0.25) is 0 Å². The monoisotopic (exact) mass is 235 g/mol. The van der Waals surface area contributed by atoms with E-state index in [1.807, 2.05) is 6.26 Å². The van der Waals surface area contributed by atoms with E-state index in [0.717, 1.165) is 31.1 Å². The summed E-state index contributed by atoms with van der Waals surface area (Å²) in [5.41, 5.74) is 1.09. The largest absolute Gasteiger partial charge is 0.449 e. The lowest BCUT2D eigenvalue weighted by Gasteiger charge is -2.21. The lowest BCUT2D eigenvalue weighted by atomic mass is 10.0. The third kappa shape index (κ3) is 2.69. The fourth-order valence-corrected chi connectivity index (χ4v) is 2.82. The van der Waals surface area contributed by atoms with Crippen molar-refractivity contribution in [1.29, 1.82) is 0 Å². The van der Waals surface area contributed by atoms with E-state index in [-0.39, 0.29) is 0 Å². The van der Waals surface area contributed by atoms with Crippen LogP contribution in [0.2, 0.25) is 0 Å². The summed E-state index contributed by atoms with van der Waals surface area (Å²) < 4.78 is 5.59. The molecule has 2 fully saturated rings. The van der Waals surface area contributed by atoms with E-state index in [1.165, 1.54) is 32.1 Å². The van der Waals surface area contributed by atoms with E-state index in [4.69, 9.17) is 4.42 Å². The maximum absolute atomic E-state index is 5.59. The summed E-state index contributed by atoms with van der Waals surface area (Å²) in [6.45, 7) is 2.25. The summed E-state index contributed by atoms with van der Waals surface area (Å²) in [6, 6.07) is 0.985. The Morgan fingerprint density at radius 2 is 2.12 bits per heavy atom. The van der Waals surface area contributed by atoms with Gasteiger partial charge in [0, 0.05) is 12.5 Å². The number of nitrogens with one attached hydrogen (secondary N) is 2. The molecule has 17 heavy (non-hydrogen) atoms. The first-order valence-electron chi connectivity index (χ1n) is 6.83. The molecule has 2 atom stereocenters. The molecule has 2 aliphatic heterocycles. The average molecular weight is 235 g/mol. The zero-order chi connectivity index (χ0) is 11.5. The summed E-state index contributed by atoms with van der Waals surface area (Å²) in [4.78, 5) is 4.62. The second-order valence-electron chi connectivity index (χ2n) is 5.17. The zero-order valence-corrected chi connectivity index (χ0v) is 10.2. The minimum atomic E-state index is 0.423. The second kappa shape index (κ2) is 5.19. The quantitative estimate of drug-likeness (QED) is 0.838. The molecule has 2 aliphatic rings. The third-order valence-electron chi connectivity index (χ3n) is 3.82. The first-order valence-corrected chi connectivity index (χ1v) is 6.83. The van der Waals surface area contributed by atoms with Crippen molar-refractivity contribution < 1.29 is 4.42 Å². The Labute approximate surface area is 102 Å². The van der Waals surface area contributed by atoms with Crippen molar-refractivity contribution in [2.45, 2.75) is 50.6 Å². The van der Waals surface area contributed by atoms with Crippen LogP contribution in [0.5, 0.6) is 0 Å². The van der Waals surface area contributed by atoms with Crippen molar-refractivity contribution >= 4 is 0 Å². The fraction of sp³-hybridized carbons (Fsp3) is 0.769. The van der Waals surface area contributed by atoms with Crippen molar-refractivity contribution in [2.24, 2.45) is 0 Å². The Morgan fingerprint density at radius 1 is 1.18 bits per heavy atom. The van der Waals surface area contributed by atoms with Gasteiger partial charge in [-0.25, -0.2) is 4.98 Å². The Balaban J connectivity index is 1.59. The topological polar surface area (TPSA) is 50.1 Å². The first-order chi connectivity index (χ1) is 8.42. The van der Waals surface area contributed by atoms with Crippen molar-refractivity contribution in [3.63, 3.8) is 0 Å². The molecule has 0 amide bonds. The zero-order valence-electron chi connectivity index (χ0n) is 10.2. The molecule has 4 nitrogen and oxygen atoms in total. The third-order valence-corrected chi connectivity index (χ3v) is 3.82. The molecule has 2 saturated heterocycles. The number of hydrogen-bond acceptors (Lipinski definition) is 4. The normalized spacial score (nSPS) is 29.6. The van der Waals surface area contributed by atoms with E-state index >= 15 is 0 Å².